The summed E-state index contributed by atoms with van der Waals surface area (Å²) in [5.41, 5.74) is 2.06. The standard InChI is InChI=1S/C17H18O3S/c18-10-2-1-3-15-9-12-21-17(15)13-20-16-6-4-14(5-7-16)8-11-19/h4-7,9,12,18-19H,2,8,10-11,13H2. The lowest BCUT2D eigenvalue weighted by Gasteiger charge is -2.06. The Bertz CT molecular complexity index is 605. The summed E-state index contributed by atoms with van der Waals surface area (Å²) >= 11 is 1.62. The van der Waals surface area contributed by atoms with Crippen molar-refractivity contribution in [1.82, 2.24) is 0 Å². The van der Waals surface area contributed by atoms with Crippen molar-refractivity contribution >= 4 is 11.3 Å². The molecule has 0 fully saturated rings. The van der Waals surface area contributed by atoms with Crippen LogP contribution in [-0.2, 0) is 13.0 Å². The number of ether oxygens (including phenoxy) is 1. The fraction of sp³-hybridized carbons (Fsp3) is 0.294. The van der Waals surface area contributed by atoms with E-state index in [1.165, 1.54) is 0 Å². The molecule has 1 aromatic carbocycles. The summed E-state index contributed by atoms with van der Waals surface area (Å²) < 4.78 is 5.76. The van der Waals surface area contributed by atoms with Crippen molar-refractivity contribution in [1.29, 1.82) is 0 Å². The first-order valence-electron chi connectivity index (χ1n) is 6.82. The molecule has 1 heterocycles. The van der Waals surface area contributed by atoms with E-state index in [1.807, 2.05) is 35.7 Å². The fourth-order valence-corrected chi connectivity index (χ4v) is 2.55. The van der Waals surface area contributed by atoms with Gasteiger partial charge in [0.05, 0.1) is 11.5 Å². The van der Waals surface area contributed by atoms with Crippen molar-refractivity contribution in [3.8, 4) is 17.6 Å². The molecule has 0 bridgehead atoms. The quantitative estimate of drug-likeness (QED) is 0.806. The van der Waals surface area contributed by atoms with Crippen LogP contribution in [0.1, 0.15) is 22.4 Å². The summed E-state index contributed by atoms with van der Waals surface area (Å²) in [6, 6.07) is 9.72. The molecular weight excluding hydrogens is 284 g/mol. The summed E-state index contributed by atoms with van der Waals surface area (Å²) in [5.74, 6) is 6.78. The van der Waals surface area contributed by atoms with Gasteiger partial charge in [0.15, 0.2) is 0 Å². The Morgan fingerprint density at radius 2 is 1.86 bits per heavy atom. The third-order valence-corrected chi connectivity index (χ3v) is 3.79. The highest BCUT2D eigenvalue weighted by molar-refractivity contribution is 7.10. The number of hydrogen-bond donors (Lipinski definition) is 2. The van der Waals surface area contributed by atoms with Crippen molar-refractivity contribution in [2.75, 3.05) is 13.2 Å². The van der Waals surface area contributed by atoms with Gasteiger partial charge in [0.1, 0.15) is 12.4 Å². The zero-order valence-corrected chi connectivity index (χ0v) is 12.5. The molecule has 2 N–H and O–H groups in total. The fourth-order valence-electron chi connectivity index (χ4n) is 1.81. The minimum absolute atomic E-state index is 0.0865. The first-order valence-corrected chi connectivity index (χ1v) is 7.70. The minimum Gasteiger partial charge on any atom is -0.488 e. The second-order valence-electron chi connectivity index (χ2n) is 4.44. The Hall–Kier alpha value is -1.80. The van der Waals surface area contributed by atoms with Gasteiger partial charge in [-0.15, -0.1) is 11.3 Å². The molecule has 0 saturated heterocycles. The topological polar surface area (TPSA) is 49.7 Å². The average Bonchev–Trinajstić information content (AvgIpc) is 2.95. The number of thiophene rings is 1. The lowest BCUT2D eigenvalue weighted by molar-refractivity contribution is 0.298. The maximum absolute atomic E-state index is 8.88. The van der Waals surface area contributed by atoms with Crippen LogP contribution in [0.2, 0.25) is 0 Å². The Morgan fingerprint density at radius 1 is 1.05 bits per heavy atom. The third-order valence-electron chi connectivity index (χ3n) is 2.90. The molecule has 2 aromatic rings. The van der Waals surface area contributed by atoms with E-state index in [0.717, 1.165) is 21.8 Å². The van der Waals surface area contributed by atoms with Crippen LogP contribution in [0.25, 0.3) is 0 Å². The molecule has 0 atom stereocenters. The van der Waals surface area contributed by atoms with Crippen LogP contribution in [0.5, 0.6) is 5.75 Å². The monoisotopic (exact) mass is 302 g/mol. The van der Waals surface area contributed by atoms with Crippen molar-refractivity contribution in [2.45, 2.75) is 19.4 Å². The van der Waals surface area contributed by atoms with Crippen LogP contribution in [-0.4, -0.2) is 23.4 Å². The lowest BCUT2D eigenvalue weighted by Crippen LogP contribution is -1.96. The molecule has 0 aliphatic rings. The highest BCUT2D eigenvalue weighted by Gasteiger charge is 2.03. The Labute approximate surface area is 128 Å². The van der Waals surface area contributed by atoms with E-state index < -0.39 is 0 Å². The summed E-state index contributed by atoms with van der Waals surface area (Å²) in [6.45, 7) is 0.731. The molecule has 3 nitrogen and oxygen atoms in total. The minimum atomic E-state index is 0.0865. The second kappa shape index (κ2) is 8.48. The van der Waals surface area contributed by atoms with Gasteiger partial charge in [-0.1, -0.05) is 24.0 Å². The maximum atomic E-state index is 8.88. The normalized spacial score (nSPS) is 10.0. The van der Waals surface area contributed by atoms with E-state index in [4.69, 9.17) is 14.9 Å². The number of rotatable bonds is 6. The number of aliphatic hydroxyl groups is 2. The predicted molar refractivity (Wildman–Crippen MR) is 84.5 cm³/mol. The molecular formula is C17H18O3S. The molecule has 0 spiro atoms. The van der Waals surface area contributed by atoms with E-state index in [2.05, 4.69) is 11.8 Å². The van der Waals surface area contributed by atoms with Crippen molar-refractivity contribution < 1.29 is 14.9 Å². The zero-order valence-electron chi connectivity index (χ0n) is 11.7. The molecule has 1 aromatic heterocycles. The molecule has 0 unspecified atom stereocenters. The molecule has 110 valence electrons. The van der Waals surface area contributed by atoms with Crippen LogP contribution in [0.15, 0.2) is 35.7 Å². The van der Waals surface area contributed by atoms with Gasteiger partial charge in [0.25, 0.3) is 0 Å². The molecule has 0 aliphatic heterocycles. The Kier molecular flexibility index (Phi) is 6.29. The third kappa shape index (κ3) is 4.91. The molecule has 0 radical (unpaired) electrons. The summed E-state index contributed by atoms with van der Waals surface area (Å²) in [6.07, 6.45) is 1.15. The Morgan fingerprint density at radius 3 is 2.57 bits per heavy atom. The average molecular weight is 302 g/mol. The summed E-state index contributed by atoms with van der Waals surface area (Å²) in [4.78, 5) is 1.08. The van der Waals surface area contributed by atoms with Crippen LogP contribution in [0, 0.1) is 11.8 Å². The van der Waals surface area contributed by atoms with Gasteiger partial charge < -0.3 is 14.9 Å². The molecule has 0 saturated carbocycles. The zero-order chi connectivity index (χ0) is 14.9. The first-order chi connectivity index (χ1) is 10.3. The SMILES string of the molecule is OCCC#Cc1ccsc1COc1ccc(CCO)cc1. The first kappa shape index (κ1) is 15.6. The maximum Gasteiger partial charge on any atom is 0.124 e. The highest BCUT2D eigenvalue weighted by atomic mass is 32.1. The summed E-state index contributed by atoms with van der Waals surface area (Å²) in [7, 11) is 0. The van der Waals surface area contributed by atoms with Crippen LogP contribution in [0.3, 0.4) is 0 Å². The second-order valence-corrected chi connectivity index (χ2v) is 5.44. The van der Waals surface area contributed by atoms with Gasteiger partial charge in [-0.25, -0.2) is 0 Å². The van der Waals surface area contributed by atoms with Gasteiger partial charge in [0.2, 0.25) is 0 Å². The van der Waals surface area contributed by atoms with Gasteiger partial charge in [-0.2, -0.15) is 0 Å². The molecule has 2 rings (SSSR count). The predicted octanol–water partition coefficient (Wildman–Crippen LogP) is 2.60. The van der Waals surface area contributed by atoms with E-state index in [9.17, 15) is 0 Å². The smallest absolute Gasteiger partial charge is 0.124 e. The van der Waals surface area contributed by atoms with Crippen LogP contribution in [0.4, 0.5) is 0 Å². The lowest BCUT2D eigenvalue weighted by atomic mass is 10.1. The van der Waals surface area contributed by atoms with Gasteiger partial charge in [-0.3, -0.25) is 0 Å². The van der Waals surface area contributed by atoms with Gasteiger partial charge in [-0.05, 0) is 35.6 Å². The van der Waals surface area contributed by atoms with E-state index in [-0.39, 0.29) is 13.2 Å². The largest absolute Gasteiger partial charge is 0.488 e. The van der Waals surface area contributed by atoms with Crippen molar-refractivity contribution in [2.24, 2.45) is 0 Å². The number of hydrogen-bond acceptors (Lipinski definition) is 4. The van der Waals surface area contributed by atoms with Gasteiger partial charge in [0, 0.05) is 18.6 Å². The van der Waals surface area contributed by atoms with Crippen molar-refractivity contribution in [3.63, 3.8) is 0 Å². The number of aliphatic hydroxyl groups excluding tert-OH is 2. The van der Waals surface area contributed by atoms with Gasteiger partial charge >= 0.3 is 0 Å². The molecule has 0 amide bonds. The van der Waals surface area contributed by atoms with E-state index >= 15 is 0 Å². The molecule has 0 aliphatic carbocycles. The van der Waals surface area contributed by atoms with E-state index in [0.29, 0.717) is 19.4 Å². The molecule has 21 heavy (non-hydrogen) atoms. The van der Waals surface area contributed by atoms with Crippen molar-refractivity contribution in [3.05, 3.63) is 51.7 Å². The summed E-state index contributed by atoms with van der Waals surface area (Å²) in [5, 5.41) is 19.6. The van der Waals surface area contributed by atoms with Crippen LogP contribution >= 0.6 is 11.3 Å². The highest BCUT2D eigenvalue weighted by Crippen LogP contribution is 2.20. The molecule has 4 heteroatoms. The van der Waals surface area contributed by atoms with Crippen LogP contribution < -0.4 is 4.74 Å². The van der Waals surface area contributed by atoms with E-state index in [1.54, 1.807) is 11.3 Å². The number of benzene rings is 1. The Balaban J connectivity index is 1.94.